The predicted molar refractivity (Wildman–Crippen MR) is 153 cm³/mol. The molecule has 2 aromatic heterocycles. The number of hydrogen-bond acceptors (Lipinski definition) is 9. The van der Waals surface area contributed by atoms with Crippen LogP contribution in [0.5, 0.6) is 11.5 Å². The maximum atomic E-state index is 6.45. The van der Waals surface area contributed by atoms with Crippen molar-refractivity contribution in [1.29, 1.82) is 0 Å². The van der Waals surface area contributed by atoms with E-state index in [4.69, 9.17) is 14.5 Å². The summed E-state index contributed by atoms with van der Waals surface area (Å²) < 4.78 is 12.1. The quantitative estimate of drug-likeness (QED) is 0.358. The summed E-state index contributed by atoms with van der Waals surface area (Å²) in [7, 11) is 3.84. The van der Waals surface area contributed by atoms with E-state index in [1.165, 1.54) is 5.56 Å². The Morgan fingerprint density at radius 3 is 2.23 bits per heavy atom. The van der Waals surface area contributed by atoms with Gasteiger partial charge in [-0.2, -0.15) is 0 Å². The second-order valence-corrected chi connectivity index (χ2v) is 10.4. The first-order valence-electron chi connectivity index (χ1n) is 13.7. The van der Waals surface area contributed by atoms with E-state index in [0.29, 0.717) is 5.75 Å². The van der Waals surface area contributed by atoms with Crippen LogP contribution in [-0.2, 0) is 6.42 Å². The molecule has 0 atom stereocenters. The van der Waals surface area contributed by atoms with Crippen LogP contribution < -0.4 is 19.3 Å². The van der Waals surface area contributed by atoms with Crippen LogP contribution in [-0.4, -0.2) is 84.4 Å². The molecular formula is C30H35N7O2. The standard InChI is InChI=1S/C30H35N7O2/c1-35-10-8-24(9-11-35)39-28-17-25-26(18-27(28)38-2)33-21-34-29(25)36-12-14-37(15-13-36)30-31-19-23(20-32-30)16-22-6-4-3-5-7-22/h3-7,17-21,24H,8-16H2,1-2H3. The Balaban J connectivity index is 1.15. The fraction of sp³-hybridized carbons (Fsp3) is 0.400. The van der Waals surface area contributed by atoms with E-state index >= 15 is 0 Å². The number of hydrogen-bond donors (Lipinski definition) is 0. The Bertz CT molecular complexity index is 1380. The summed E-state index contributed by atoms with van der Waals surface area (Å²) in [5, 5.41) is 0.983. The zero-order chi connectivity index (χ0) is 26.6. The van der Waals surface area contributed by atoms with Gasteiger partial charge in [0.2, 0.25) is 5.95 Å². The monoisotopic (exact) mass is 525 g/mol. The van der Waals surface area contributed by atoms with Gasteiger partial charge in [-0.3, -0.25) is 0 Å². The minimum absolute atomic E-state index is 0.184. The zero-order valence-corrected chi connectivity index (χ0v) is 22.7. The Hall–Kier alpha value is -3.98. The minimum atomic E-state index is 0.184. The summed E-state index contributed by atoms with van der Waals surface area (Å²) in [5.41, 5.74) is 3.23. The van der Waals surface area contributed by atoms with E-state index in [2.05, 4.69) is 67.0 Å². The largest absolute Gasteiger partial charge is 0.493 e. The summed E-state index contributed by atoms with van der Waals surface area (Å²) in [6.07, 6.45) is 8.56. The smallest absolute Gasteiger partial charge is 0.225 e. The highest BCUT2D eigenvalue weighted by atomic mass is 16.5. The van der Waals surface area contributed by atoms with E-state index in [0.717, 1.165) is 92.5 Å². The molecule has 0 spiro atoms. The summed E-state index contributed by atoms with van der Waals surface area (Å²) in [6.45, 7) is 5.35. The van der Waals surface area contributed by atoms with Gasteiger partial charge >= 0.3 is 0 Å². The van der Waals surface area contributed by atoms with Crippen molar-refractivity contribution >= 4 is 22.7 Å². The maximum Gasteiger partial charge on any atom is 0.225 e. The first kappa shape index (κ1) is 25.3. The number of piperazine rings is 1. The number of nitrogens with zero attached hydrogens (tertiary/aromatic N) is 7. The van der Waals surface area contributed by atoms with Gasteiger partial charge in [0.25, 0.3) is 0 Å². The van der Waals surface area contributed by atoms with Crippen LogP contribution in [0.25, 0.3) is 10.9 Å². The van der Waals surface area contributed by atoms with Crippen molar-refractivity contribution in [2.24, 2.45) is 0 Å². The number of aromatic nitrogens is 4. The van der Waals surface area contributed by atoms with Gasteiger partial charge in [-0.05, 0) is 37.1 Å². The molecule has 2 aromatic carbocycles. The van der Waals surface area contributed by atoms with Crippen molar-refractivity contribution in [2.75, 3.05) is 63.2 Å². The molecule has 2 saturated heterocycles. The summed E-state index contributed by atoms with van der Waals surface area (Å²) in [6, 6.07) is 14.4. The van der Waals surface area contributed by atoms with Crippen LogP contribution in [0.4, 0.5) is 11.8 Å². The lowest BCUT2D eigenvalue weighted by Crippen LogP contribution is -2.47. The molecule has 39 heavy (non-hydrogen) atoms. The number of likely N-dealkylation sites (tertiary alicyclic amines) is 1. The molecule has 0 radical (unpaired) electrons. The third-order valence-corrected chi connectivity index (χ3v) is 7.66. The third kappa shape index (κ3) is 5.73. The normalized spacial score (nSPS) is 17.0. The third-order valence-electron chi connectivity index (χ3n) is 7.66. The second-order valence-electron chi connectivity index (χ2n) is 10.4. The maximum absolute atomic E-state index is 6.45. The number of anilines is 2. The van der Waals surface area contributed by atoms with Crippen LogP contribution in [0.3, 0.4) is 0 Å². The van der Waals surface area contributed by atoms with Gasteiger partial charge in [0, 0.05) is 69.5 Å². The molecule has 9 heteroatoms. The summed E-state index contributed by atoms with van der Waals surface area (Å²) in [5.74, 6) is 3.18. The molecule has 0 amide bonds. The highest BCUT2D eigenvalue weighted by Crippen LogP contribution is 2.36. The second kappa shape index (κ2) is 11.4. The first-order chi connectivity index (χ1) is 19.2. The summed E-state index contributed by atoms with van der Waals surface area (Å²) in [4.78, 5) is 25.5. The molecular weight excluding hydrogens is 490 g/mol. The molecule has 6 rings (SSSR count). The average Bonchev–Trinajstić information content (AvgIpc) is 2.99. The van der Waals surface area contributed by atoms with Gasteiger partial charge in [-0.25, -0.2) is 19.9 Å². The Morgan fingerprint density at radius 2 is 1.51 bits per heavy atom. The van der Waals surface area contributed by atoms with Crippen molar-refractivity contribution in [2.45, 2.75) is 25.4 Å². The molecule has 0 unspecified atom stereocenters. The van der Waals surface area contributed by atoms with Crippen molar-refractivity contribution < 1.29 is 9.47 Å². The minimum Gasteiger partial charge on any atom is -0.493 e. The molecule has 2 fully saturated rings. The van der Waals surface area contributed by atoms with Crippen LogP contribution in [0.1, 0.15) is 24.0 Å². The Morgan fingerprint density at radius 1 is 0.795 bits per heavy atom. The molecule has 9 nitrogen and oxygen atoms in total. The SMILES string of the molecule is COc1cc2ncnc(N3CCN(c4ncc(Cc5ccccc5)cn4)CC3)c2cc1OC1CCN(C)CC1. The van der Waals surface area contributed by atoms with E-state index in [1.54, 1.807) is 13.4 Å². The fourth-order valence-corrected chi connectivity index (χ4v) is 5.39. The van der Waals surface area contributed by atoms with Gasteiger partial charge in [-0.1, -0.05) is 30.3 Å². The molecule has 0 N–H and O–H groups in total. The van der Waals surface area contributed by atoms with Crippen molar-refractivity contribution in [1.82, 2.24) is 24.8 Å². The predicted octanol–water partition coefficient (Wildman–Crippen LogP) is 3.82. The zero-order valence-electron chi connectivity index (χ0n) is 22.7. The Labute approximate surface area is 229 Å². The number of piperidine rings is 1. The molecule has 4 heterocycles. The molecule has 0 saturated carbocycles. The van der Waals surface area contributed by atoms with Crippen molar-refractivity contribution in [3.05, 3.63) is 72.3 Å². The van der Waals surface area contributed by atoms with E-state index in [-0.39, 0.29) is 6.10 Å². The molecule has 2 aliphatic heterocycles. The van der Waals surface area contributed by atoms with Crippen LogP contribution >= 0.6 is 0 Å². The van der Waals surface area contributed by atoms with Gasteiger partial charge < -0.3 is 24.2 Å². The van der Waals surface area contributed by atoms with E-state index < -0.39 is 0 Å². The van der Waals surface area contributed by atoms with Gasteiger partial charge in [-0.15, -0.1) is 0 Å². The topological polar surface area (TPSA) is 79.7 Å². The highest BCUT2D eigenvalue weighted by Gasteiger charge is 2.24. The molecule has 202 valence electrons. The molecule has 0 bridgehead atoms. The average molecular weight is 526 g/mol. The van der Waals surface area contributed by atoms with Crippen molar-refractivity contribution in [3.8, 4) is 11.5 Å². The van der Waals surface area contributed by atoms with Gasteiger partial charge in [0.05, 0.1) is 12.6 Å². The number of methoxy groups -OCH3 is 1. The van der Waals surface area contributed by atoms with Gasteiger partial charge in [0.1, 0.15) is 18.2 Å². The molecule has 2 aliphatic rings. The highest BCUT2D eigenvalue weighted by molar-refractivity contribution is 5.92. The Kier molecular flexibility index (Phi) is 7.40. The van der Waals surface area contributed by atoms with Crippen molar-refractivity contribution in [3.63, 3.8) is 0 Å². The summed E-state index contributed by atoms with van der Waals surface area (Å²) >= 11 is 0. The first-order valence-corrected chi connectivity index (χ1v) is 13.7. The molecule has 4 aromatic rings. The van der Waals surface area contributed by atoms with E-state index in [9.17, 15) is 0 Å². The van der Waals surface area contributed by atoms with Crippen LogP contribution in [0.15, 0.2) is 61.2 Å². The number of fused-ring (bicyclic) bond motifs is 1. The lowest BCUT2D eigenvalue weighted by Gasteiger charge is -2.35. The number of ether oxygens (including phenoxy) is 2. The lowest BCUT2D eigenvalue weighted by molar-refractivity contribution is 0.111. The van der Waals surface area contributed by atoms with Crippen LogP contribution in [0, 0.1) is 0 Å². The number of rotatable bonds is 7. The van der Waals surface area contributed by atoms with Gasteiger partial charge in [0.15, 0.2) is 11.5 Å². The number of benzene rings is 2. The fourth-order valence-electron chi connectivity index (χ4n) is 5.39. The lowest BCUT2D eigenvalue weighted by atomic mass is 10.1. The molecule has 0 aliphatic carbocycles. The van der Waals surface area contributed by atoms with Crippen LogP contribution in [0.2, 0.25) is 0 Å². The van der Waals surface area contributed by atoms with E-state index in [1.807, 2.05) is 24.5 Å².